The lowest BCUT2D eigenvalue weighted by Crippen LogP contribution is -2.54. The number of hydrogen-bond acceptors (Lipinski definition) is 4. The Kier molecular flexibility index (Phi) is 8.72. The van der Waals surface area contributed by atoms with Crippen molar-refractivity contribution in [2.75, 3.05) is 13.2 Å². The van der Waals surface area contributed by atoms with E-state index in [-0.39, 0.29) is 18.2 Å². The first-order chi connectivity index (χ1) is 18.2. The van der Waals surface area contributed by atoms with Gasteiger partial charge in [-0.1, -0.05) is 60.7 Å². The first kappa shape index (κ1) is 27.2. The minimum absolute atomic E-state index is 0.0619. The lowest BCUT2D eigenvalue weighted by Gasteiger charge is -2.34. The Hall–Kier alpha value is -3.80. The van der Waals surface area contributed by atoms with Gasteiger partial charge in [0.1, 0.15) is 19.3 Å². The van der Waals surface area contributed by atoms with Crippen LogP contribution in [0.5, 0.6) is 11.5 Å². The number of rotatable bonds is 9. The van der Waals surface area contributed by atoms with Crippen molar-refractivity contribution in [1.29, 1.82) is 0 Å². The zero-order valence-corrected chi connectivity index (χ0v) is 22.8. The van der Waals surface area contributed by atoms with E-state index in [1.165, 1.54) is 0 Å². The molecule has 4 rings (SSSR count). The van der Waals surface area contributed by atoms with Gasteiger partial charge in [-0.25, -0.2) is 0 Å². The Labute approximate surface area is 226 Å². The van der Waals surface area contributed by atoms with E-state index < -0.39 is 11.6 Å². The molecule has 1 aliphatic rings. The Morgan fingerprint density at radius 1 is 0.895 bits per heavy atom. The summed E-state index contributed by atoms with van der Waals surface area (Å²) in [5, 5.41) is 3.12. The van der Waals surface area contributed by atoms with Crippen molar-refractivity contribution in [1.82, 2.24) is 10.2 Å². The average Bonchev–Trinajstić information content (AvgIpc) is 2.89. The second-order valence-electron chi connectivity index (χ2n) is 10.9. The number of ether oxygens (including phenoxy) is 2. The van der Waals surface area contributed by atoms with Crippen LogP contribution < -0.4 is 14.8 Å². The lowest BCUT2D eigenvalue weighted by atomic mass is 9.99. The Morgan fingerprint density at radius 3 is 2.29 bits per heavy atom. The van der Waals surface area contributed by atoms with Crippen LogP contribution in [0, 0.1) is 6.92 Å². The fourth-order valence-corrected chi connectivity index (χ4v) is 4.62. The summed E-state index contributed by atoms with van der Waals surface area (Å²) in [5.74, 6) is 1.23. The third-order valence-electron chi connectivity index (χ3n) is 6.61. The number of carbonyl (C=O) groups is 2. The smallest absolute Gasteiger partial charge is 0.243 e. The van der Waals surface area contributed by atoms with Crippen molar-refractivity contribution in [3.8, 4) is 11.5 Å². The summed E-state index contributed by atoms with van der Waals surface area (Å²) in [6.45, 7) is 9.33. The van der Waals surface area contributed by atoms with E-state index in [4.69, 9.17) is 9.47 Å². The maximum absolute atomic E-state index is 13.9. The normalized spacial score (nSPS) is 13.5. The van der Waals surface area contributed by atoms with Gasteiger partial charge in [0.2, 0.25) is 11.8 Å². The summed E-state index contributed by atoms with van der Waals surface area (Å²) >= 11 is 0. The number of fused-ring (bicyclic) bond motifs is 1. The van der Waals surface area contributed by atoms with Gasteiger partial charge < -0.3 is 19.7 Å². The van der Waals surface area contributed by atoms with E-state index in [1.54, 1.807) is 4.90 Å². The molecular weight excluding hydrogens is 476 g/mol. The molecule has 0 aliphatic carbocycles. The Morgan fingerprint density at radius 2 is 1.58 bits per heavy atom. The fraction of sp³-hybridized carbons (Fsp3) is 0.375. The largest absolute Gasteiger partial charge is 0.486 e. The molecule has 0 aromatic heterocycles. The lowest BCUT2D eigenvalue weighted by molar-refractivity contribution is -0.141. The molecule has 0 unspecified atom stereocenters. The molecule has 200 valence electrons. The monoisotopic (exact) mass is 514 g/mol. The standard InChI is InChI=1S/C32H38N2O4/c1-23-10-8-9-13-26(23)22-34(27(31(36)33-32(2,3)4)20-24-11-6-5-7-12-24)30(35)17-15-25-14-16-28-29(21-25)38-19-18-37-28/h5-14,16,21,27H,15,17-20,22H2,1-4H3,(H,33,36)/t27-/m1/s1. The van der Waals surface area contributed by atoms with E-state index in [2.05, 4.69) is 5.32 Å². The van der Waals surface area contributed by atoms with Crippen LogP contribution in [0.1, 0.15) is 49.4 Å². The van der Waals surface area contributed by atoms with Crippen molar-refractivity contribution >= 4 is 11.8 Å². The van der Waals surface area contributed by atoms with Gasteiger partial charge in [0.15, 0.2) is 11.5 Å². The number of aryl methyl sites for hydroxylation is 2. The number of hydrogen-bond donors (Lipinski definition) is 1. The van der Waals surface area contributed by atoms with Crippen LogP contribution in [0.3, 0.4) is 0 Å². The molecule has 0 spiro atoms. The van der Waals surface area contributed by atoms with E-state index in [1.807, 2.05) is 100 Å². The summed E-state index contributed by atoms with van der Waals surface area (Å²) in [7, 11) is 0. The highest BCUT2D eigenvalue weighted by atomic mass is 16.6. The summed E-state index contributed by atoms with van der Waals surface area (Å²) < 4.78 is 11.3. The highest BCUT2D eigenvalue weighted by Crippen LogP contribution is 2.31. The van der Waals surface area contributed by atoms with Gasteiger partial charge in [0, 0.05) is 24.9 Å². The van der Waals surface area contributed by atoms with Gasteiger partial charge in [-0.15, -0.1) is 0 Å². The summed E-state index contributed by atoms with van der Waals surface area (Å²) in [5.41, 5.74) is 3.70. The summed E-state index contributed by atoms with van der Waals surface area (Å²) in [6.07, 6.45) is 1.25. The molecule has 38 heavy (non-hydrogen) atoms. The quantitative estimate of drug-likeness (QED) is 0.423. The fourth-order valence-electron chi connectivity index (χ4n) is 4.62. The third-order valence-corrected chi connectivity index (χ3v) is 6.61. The van der Waals surface area contributed by atoms with Crippen LogP contribution in [0.25, 0.3) is 0 Å². The van der Waals surface area contributed by atoms with Gasteiger partial charge in [0.25, 0.3) is 0 Å². The zero-order chi connectivity index (χ0) is 27.1. The molecule has 1 atom stereocenters. The van der Waals surface area contributed by atoms with Gasteiger partial charge in [-0.2, -0.15) is 0 Å². The predicted octanol–water partition coefficient (Wildman–Crippen LogP) is 5.25. The summed E-state index contributed by atoms with van der Waals surface area (Å²) in [4.78, 5) is 29.4. The van der Waals surface area contributed by atoms with E-state index in [0.717, 1.165) is 28.0 Å². The molecule has 0 bridgehead atoms. The molecule has 3 aromatic carbocycles. The van der Waals surface area contributed by atoms with Gasteiger partial charge >= 0.3 is 0 Å². The molecule has 2 amide bonds. The van der Waals surface area contributed by atoms with Crippen LogP contribution in [0.2, 0.25) is 0 Å². The van der Waals surface area contributed by atoms with Gasteiger partial charge in [-0.3, -0.25) is 9.59 Å². The number of nitrogens with one attached hydrogen (secondary N) is 1. The molecule has 0 saturated carbocycles. The second-order valence-corrected chi connectivity index (χ2v) is 10.9. The van der Waals surface area contributed by atoms with Crippen molar-refractivity contribution in [3.63, 3.8) is 0 Å². The molecule has 6 heteroatoms. The Bertz CT molecular complexity index is 1250. The highest BCUT2D eigenvalue weighted by molar-refractivity contribution is 5.88. The number of nitrogens with zero attached hydrogens (tertiary/aromatic N) is 1. The molecule has 0 fully saturated rings. The maximum atomic E-state index is 13.9. The molecule has 3 aromatic rings. The molecule has 0 radical (unpaired) electrons. The molecular formula is C32H38N2O4. The minimum Gasteiger partial charge on any atom is -0.486 e. The van der Waals surface area contributed by atoms with Crippen molar-refractivity contribution < 1.29 is 19.1 Å². The zero-order valence-electron chi connectivity index (χ0n) is 22.8. The first-order valence-electron chi connectivity index (χ1n) is 13.3. The van der Waals surface area contributed by atoms with Crippen molar-refractivity contribution in [3.05, 3.63) is 95.1 Å². The van der Waals surface area contributed by atoms with Crippen molar-refractivity contribution in [2.45, 2.75) is 65.1 Å². The van der Waals surface area contributed by atoms with Crippen molar-refractivity contribution in [2.24, 2.45) is 0 Å². The molecule has 1 aliphatic heterocycles. The van der Waals surface area contributed by atoms with E-state index >= 15 is 0 Å². The van der Waals surface area contributed by atoms with Crippen LogP contribution >= 0.6 is 0 Å². The SMILES string of the molecule is Cc1ccccc1CN(C(=O)CCc1ccc2c(c1)OCCO2)[C@H](Cc1ccccc1)C(=O)NC(C)(C)C. The maximum Gasteiger partial charge on any atom is 0.243 e. The van der Waals surface area contributed by atoms with Crippen LogP contribution in [0.4, 0.5) is 0 Å². The van der Waals surface area contributed by atoms with Gasteiger partial charge in [0.05, 0.1) is 0 Å². The van der Waals surface area contributed by atoms with Crippen LogP contribution in [-0.4, -0.2) is 41.5 Å². The summed E-state index contributed by atoms with van der Waals surface area (Å²) in [6, 6.07) is 23.1. The third kappa shape index (κ3) is 7.37. The van der Waals surface area contributed by atoms with Crippen LogP contribution in [0.15, 0.2) is 72.8 Å². The molecule has 0 saturated heterocycles. The minimum atomic E-state index is -0.649. The number of amides is 2. The topological polar surface area (TPSA) is 67.9 Å². The average molecular weight is 515 g/mol. The van der Waals surface area contributed by atoms with E-state index in [9.17, 15) is 9.59 Å². The molecule has 1 heterocycles. The molecule has 1 N–H and O–H groups in total. The van der Waals surface area contributed by atoms with E-state index in [0.29, 0.717) is 38.3 Å². The molecule has 6 nitrogen and oxygen atoms in total. The highest BCUT2D eigenvalue weighted by Gasteiger charge is 2.32. The Balaban J connectivity index is 1.62. The first-order valence-corrected chi connectivity index (χ1v) is 13.3. The predicted molar refractivity (Wildman–Crippen MR) is 149 cm³/mol. The number of benzene rings is 3. The van der Waals surface area contributed by atoms with Crippen LogP contribution in [-0.2, 0) is 29.0 Å². The van der Waals surface area contributed by atoms with Gasteiger partial charge in [-0.05, 0) is 68.5 Å². The number of carbonyl (C=O) groups excluding carboxylic acids is 2. The second kappa shape index (κ2) is 12.2.